The summed E-state index contributed by atoms with van der Waals surface area (Å²) < 4.78 is 28.0. The number of hydrogen-bond acceptors (Lipinski definition) is 7. The maximum atomic E-state index is 13.2. The number of sulfonamides is 1. The Labute approximate surface area is 175 Å². The van der Waals surface area contributed by atoms with Crippen molar-refractivity contribution in [1.29, 1.82) is 0 Å². The number of carbonyl (C=O) groups is 1. The number of nitrogens with one attached hydrogen (secondary N) is 1. The van der Waals surface area contributed by atoms with Gasteiger partial charge in [0.2, 0.25) is 11.0 Å². The average molecular weight is 455 g/mol. The lowest BCUT2D eigenvalue weighted by molar-refractivity contribution is -0.114. The van der Waals surface area contributed by atoms with Gasteiger partial charge in [0, 0.05) is 0 Å². The molecule has 0 aliphatic rings. The van der Waals surface area contributed by atoms with E-state index in [1.807, 2.05) is 6.26 Å². The second-order valence-corrected chi connectivity index (χ2v) is 9.70. The zero-order valence-electron chi connectivity index (χ0n) is 14.6. The number of para-hydroxylation sites is 1. The lowest BCUT2D eigenvalue weighted by Gasteiger charge is -2.24. The smallest absolute Gasteiger partial charge is 0.264 e. The summed E-state index contributed by atoms with van der Waals surface area (Å²) in [7, 11) is -4.01. The van der Waals surface area contributed by atoms with Gasteiger partial charge in [-0.15, -0.1) is 10.2 Å². The molecule has 28 heavy (non-hydrogen) atoms. The van der Waals surface area contributed by atoms with E-state index >= 15 is 0 Å². The highest BCUT2D eigenvalue weighted by Crippen LogP contribution is 2.30. The fourth-order valence-electron chi connectivity index (χ4n) is 2.31. The number of rotatable bonds is 7. The summed E-state index contributed by atoms with van der Waals surface area (Å²) in [6.07, 6.45) is 1.84. The predicted molar refractivity (Wildman–Crippen MR) is 113 cm³/mol. The molecule has 1 amide bonds. The van der Waals surface area contributed by atoms with E-state index in [1.165, 1.54) is 35.2 Å². The van der Waals surface area contributed by atoms with Crippen molar-refractivity contribution in [3.63, 3.8) is 0 Å². The topological polar surface area (TPSA) is 92.3 Å². The fraction of sp³-hybridized carbons (Fsp3) is 0.118. The molecule has 0 unspecified atom stereocenters. The van der Waals surface area contributed by atoms with Crippen LogP contribution in [0.15, 0.2) is 63.8 Å². The van der Waals surface area contributed by atoms with E-state index in [0.29, 0.717) is 9.47 Å². The number of amides is 1. The van der Waals surface area contributed by atoms with Crippen molar-refractivity contribution in [2.45, 2.75) is 9.24 Å². The molecule has 3 aromatic rings. The zero-order chi connectivity index (χ0) is 20.1. The standard InChI is InChI=1S/C17H15ClN4O3S3/c1-26-17-21-20-16(27-17)19-15(23)11-22(14-10-6-5-9-13(14)18)28(24,25)12-7-3-2-4-8-12/h2-10H,11H2,1H3,(H,19,20,23). The van der Waals surface area contributed by atoms with Crippen LogP contribution in [0.3, 0.4) is 0 Å². The molecule has 0 aliphatic heterocycles. The first-order valence-electron chi connectivity index (χ1n) is 7.91. The van der Waals surface area contributed by atoms with E-state index in [0.717, 1.165) is 4.31 Å². The van der Waals surface area contributed by atoms with Crippen molar-refractivity contribution in [1.82, 2.24) is 10.2 Å². The first-order chi connectivity index (χ1) is 13.4. The van der Waals surface area contributed by atoms with Crippen LogP contribution in [0, 0.1) is 0 Å². The van der Waals surface area contributed by atoms with Gasteiger partial charge >= 0.3 is 0 Å². The summed E-state index contributed by atoms with van der Waals surface area (Å²) in [5, 5.41) is 10.9. The molecule has 0 atom stereocenters. The van der Waals surface area contributed by atoms with Crippen LogP contribution in [0.5, 0.6) is 0 Å². The molecule has 11 heteroatoms. The minimum absolute atomic E-state index is 0.0586. The number of benzene rings is 2. The monoisotopic (exact) mass is 454 g/mol. The van der Waals surface area contributed by atoms with Crippen molar-refractivity contribution in [3.8, 4) is 0 Å². The Morgan fingerprint density at radius 2 is 1.82 bits per heavy atom. The first-order valence-corrected chi connectivity index (χ1v) is 11.8. The molecule has 7 nitrogen and oxygen atoms in total. The highest BCUT2D eigenvalue weighted by Gasteiger charge is 2.28. The summed E-state index contributed by atoms with van der Waals surface area (Å²) >= 11 is 8.82. The Kier molecular flexibility index (Phi) is 6.55. The maximum absolute atomic E-state index is 13.2. The van der Waals surface area contributed by atoms with E-state index in [4.69, 9.17) is 11.6 Å². The summed E-state index contributed by atoms with van der Waals surface area (Å²) in [4.78, 5) is 12.6. The third-order valence-corrected chi connectivity index (χ3v) is 7.47. The largest absolute Gasteiger partial charge is 0.299 e. The highest BCUT2D eigenvalue weighted by molar-refractivity contribution is 8.00. The van der Waals surface area contributed by atoms with Gasteiger partial charge < -0.3 is 0 Å². The Morgan fingerprint density at radius 3 is 2.46 bits per heavy atom. The number of halogens is 1. The number of aromatic nitrogens is 2. The molecule has 0 aliphatic carbocycles. The van der Waals surface area contributed by atoms with E-state index in [9.17, 15) is 13.2 Å². The van der Waals surface area contributed by atoms with Gasteiger partial charge in [-0.05, 0) is 30.5 Å². The summed E-state index contributed by atoms with van der Waals surface area (Å²) in [5.74, 6) is -0.553. The number of thioether (sulfide) groups is 1. The van der Waals surface area contributed by atoms with Gasteiger partial charge in [-0.1, -0.05) is 65.0 Å². The third kappa shape index (κ3) is 4.64. The Balaban J connectivity index is 1.93. The van der Waals surface area contributed by atoms with Crippen LogP contribution >= 0.6 is 34.7 Å². The molecule has 1 N–H and O–H groups in total. The Hall–Kier alpha value is -2.14. The van der Waals surface area contributed by atoms with Crippen LogP contribution in [0.1, 0.15) is 0 Å². The summed E-state index contributed by atoms with van der Waals surface area (Å²) in [6, 6.07) is 14.3. The van der Waals surface area contributed by atoms with E-state index < -0.39 is 22.5 Å². The van der Waals surface area contributed by atoms with Gasteiger partial charge in [-0.3, -0.25) is 14.4 Å². The maximum Gasteiger partial charge on any atom is 0.264 e. The van der Waals surface area contributed by atoms with Gasteiger partial charge in [0.15, 0.2) is 4.34 Å². The molecule has 0 radical (unpaired) electrons. The van der Waals surface area contributed by atoms with E-state index in [-0.39, 0.29) is 15.6 Å². The predicted octanol–water partition coefficient (Wildman–Crippen LogP) is 3.75. The third-order valence-electron chi connectivity index (χ3n) is 3.57. The fourth-order valence-corrected chi connectivity index (χ4v) is 5.24. The van der Waals surface area contributed by atoms with Crippen molar-refractivity contribution in [2.75, 3.05) is 22.4 Å². The van der Waals surface area contributed by atoms with Gasteiger partial charge in [-0.2, -0.15) is 0 Å². The van der Waals surface area contributed by atoms with Crippen LogP contribution in [-0.4, -0.2) is 37.3 Å². The van der Waals surface area contributed by atoms with Crippen LogP contribution in [0.25, 0.3) is 0 Å². The second kappa shape index (κ2) is 8.91. The number of carbonyl (C=O) groups excluding carboxylic acids is 1. The minimum atomic E-state index is -4.01. The second-order valence-electron chi connectivity index (χ2n) is 5.40. The van der Waals surface area contributed by atoms with Crippen LogP contribution < -0.4 is 9.62 Å². The normalized spacial score (nSPS) is 11.2. The molecule has 1 aromatic heterocycles. The quantitative estimate of drug-likeness (QED) is 0.431. The minimum Gasteiger partial charge on any atom is -0.299 e. The van der Waals surface area contributed by atoms with Crippen molar-refractivity contribution in [3.05, 3.63) is 59.6 Å². The van der Waals surface area contributed by atoms with E-state index in [1.54, 1.807) is 42.5 Å². The Bertz CT molecular complexity index is 1070. The molecule has 0 saturated carbocycles. The van der Waals surface area contributed by atoms with Crippen LogP contribution in [-0.2, 0) is 14.8 Å². The molecular formula is C17H15ClN4O3S3. The van der Waals surface area contributed by atoms with Gasteiger partial charge in [0.05, 0.1) is 15.6 Å². The SMILES string of the molecule is CSc1nnc(NC(=O)CN(c2ccccc2Cl)S(=O)(=O)c2ccccc2)s1. The van der Waals surface area contributed by atoms with Gasteiger partial charge in [0.1, 0.15) is 6.54 Å². The van der Waals surface area contributed by atoms with E-state index in [2.05, 4.69) is 15.5 Å². The number of hydrogen-bond donors (Lipinski definition) is 1. The zero-order valence-corrected chi connectivity index (χ0v) is 17.8. The molecule has 0 spiro atoms. The highest BCUT2D eigenvalue weighted by atomic mass is 35.5. The summed E-state index contributed by atoms with van der Waals surface area (Å²) in [5.41, 5.74) is 0.213. The van der Waals surface area contributed by atoms with Gasteiger partial charge in [-0.25, -0.2) is 8.42 Å². The molecule has 0 bridgehead atoms. The number of nitrogens with zero attached hydrogens (tertiary/aromatic N) is 3. The molecule has 3 rings (SSSR count). The lowest BCUT2D eigenvalue weighted by atomic mass is 10.3. The molecule has 2 aromatic carbocycles. The van der Waals surface area contributed by atoms with Crippen molar-refractivity contribution >= 4 is 61.4 Å². The van der Waals surface area contributed by atoms with Crippen molar-refractivity contribution in [2.24, 2.45) is 0 Å². The van der Waals surface area contributed by atoms with Crippen LogP contribution in [0.4, 0.5) is 10.8 Å². The Morgan fingerprint density at radius 1 is 1.14 bits per heavy atom. The molecule has 1 heterocycles. The molecule has 0 saturated heterocycles. The average Bonchev–Trinajstić information content (AvgIpc) is 3.15. The number of anilines is 2. The molecular weight excluding hydrogens is 440 g/mol. The summed E-state index contributed by atoms with van der Waals surface area (Å²) in [6.45, 7) is -0.463. The van der Waals surface area contributed by atoms with Gasteiger partial charge in [0.25, 0.3) is 10.0 Å². The van der Waals surface area contributed by atoms with Crippen LogP contribution in [0.2, 0.25) is 5.02 Å². The lowest BCUT2D eigenvalue weighted by Crippen LogP contribution is -2.38. The molecule has 146 valence electrons. The first kappa shape index (κ1) is 20.6. The van der Waals surface area contributed by atoms with Crippen molar-refractivity contribution < 1.29 is 13.2 Å². The molecule has 0 fully saturated rings.